The van der Waals surface area contributed by atoms with Gasteiger partial charge in [-0.05, 0) is 57.9 Å². The molecule has 8 nitrogen and oxygen atoms in total. The third-order valence-corrected chi connectivity index (χ3v) is 6.40. The Balaban J connectivity index is 1.83. The van der Waals surface area contributed by atoms with E-state index in [-0.39, 0.29) is 17.3 Å². The van der Waals surface area contributed by atoms with Crippen molar-refractivity contribution >= 4 is 54.1 Å². The second kappa shape index (κ2) is 8.64. The Morgan fingerprint density at radius 1 is 1.12 bits per heavy atom. The van der Waals surface area contributed by atoms with Crippen molar-refractivity contribution in [3.8, 4) is 0 Å². The number of amides is 1. The Hall–Kier alpha value is -3.37. The molecule has 0 spiro atoms. The molecule has 4 rings (SSSR count). The molecule has 3 heterocycles. The lowest BCUT2D eigenvalue weighted by Crippen LogP contribution is -2.32. The van der Waals surface area contributed by atoms with Crippen LogP contribution in [0.15, 0.2) is 76.6 Å². The lowest BCUT2D eigenvalue weighted by Gasteiger charge is -2.24. The van der Waals surface area contributed by atoms with E-state index >= 15 is 0 Å². The van der Waals surface area contributed by atoms with E-state index in [1.54, 1.807) is 30.5 Å². The molecule has 0 aliphatic heterocycles. The molecule has 0 atom stereocenters. The molecule has 0 saturated carbocycles. The minimum atomic E-state index is -3.69. The van der Waals surface area contributed by atoms with Crippen LogP contribution in [-0.4, -0.2) is 35.5 Å². The summed E-state index contributed by atoms with van der Waals surface area (Å²) < 4.78 is 25.4. The summed E-state index contributed by atoms with van der Waals surface area (Å²) in [5.41, 5.74) is 7.83. The van der Waals surface area contributed by atoms with E-state index in [4.69, 9.17) is 5.73 Å². The van der Waals surface area contributed by atoms with Crippen molar-refractivity contribution in [2.75, 3.05) is 16.9 Å². The highest BCUT2D eigenvalue weighted by Crippen LogP contribution is 2.28. The van der Waals surface area contributed by atoms with Crippen LogP contribution >= 0.6 is 15.9 Å². The van der Waals surface area contributed by atoms with Crippen molar-refractivity contribution in [2.45, 2.75) is 11.6 Å². The minimum Gasteiger partial charge on any atom is -0.383 e. The van der Waals surface area contributed by atoms with Gasteiger partial charge in [0.25, 0.3) is 5.91 Å². The standard InChI is InChI=1S/C22H18BrN5O3S/c1-32(30,31)21-19(5-3-9-26-21)28(22(29)16-4-2-8-25-12-16)13-14-6-7-15-11-17(23)20(24)27-18(15)10-14/h2-12H,13H2,1H3,(H2,24,27). The molecular formula is C22H18BrN5O3S. The number of carbonyl (C=O) groups is 1. The quantitative estimate of drug-likeness (QED) is 0.434. The second-order valence-corrected chi connectivity index (χ2v) is 9.90. The number of halogens is 1. The first kappa shape index (κ1) is 21.8. The Morgan fingerprint density at radius 2 is 1.91 bits per heavy atom. The number of hydrogen-bond acceptors (Lipinski definition) is 7. The number of nitrogens with zero attached hydrogens (tertiary/aromatic N) is 4. The molecule has 1 aromatic carbocycles. The predicted molar refractivity (Wildman–Crippen MR) is 126 cm³/mol. The smallest absolute Gasteiger partial charge is 0.260 e. The number of fused-ring (bicyclic) bond motifs is 1. The lowest BCUT2D eigenvalue weighted by molar-refractivity contribution is 0.0984. The van der Waals surface area contributed by atoms with E-state index in [2.05, 4.69) is 30.9 Å². The Kier molecular flexibility index (Phi) is 5.90. The van der Waals surface area contributed by atoms with Gasteiger partial charge in [0.15, 0.2) is 14.9 Å². The van der Waals surface area contributed by atoms with Crippen LogP contribution in [0.25, 0.3) is 10.9 Å². The number of carbonyl (C=O) groups excluding carboxylic acids is 1. The zero-order valence-corrected chi connectivity index (χ0v) is 19.3. The molecule has 162 valence electrons. The highest BCUT2D eigenvalue weighted by molar-refractivity contribution is 9.10. The maximum Gasteiger partial charge on any atom is 0.260 e. The predicted octanol–water partition coefficient (Wildman–Crippen LogP) is 3.62. The van der Waals surface area contributed by atoms with Crippen LogP contribution in [0.5, 0.6) is 0 Å². The van der Waals surface area contributed by atoms with Crippen molar-refractivity contribution in [2.24, 2.45) is 0 Å². The fourth-order valence-corrected chi connectivity index (χ4v) is 4.41. The molecule has 3 aromatic heterocycles. The first-order valence-electron chi connectivity index (χ1n) is 9.45. The number of pyridine rings is 3. The molecule has 0 unspecified atom stereocenters. The average Bonchev–Trinajstić information content (AvgIpc) is 2.78. The molecule has 32 heavy (non-hydrogen) atoms. The van der Waals surface area contributed by atoms with E-state index in [0.29, 0.717) is 21.4 Å². The molecule has 0 bridgehead atoms. The maximum atomic E-state index is 13.4. The number of anilines is 2. The van der Waals surface area contributed by atoms with Crippen molar-refractivity contribution in [1.29, 1.82) is 0 Å². The van der Waals surface area contributed by atoms with Gasteiger partial charge in [-0.3, -0.25) is 9.78 Å². The largest absolute Gasteiger partial charge is 0.383 e. The summed E-state index contributed by atoms with van der Waals surface area (Å²) in [4.78, 5) is 27.2. The molecule has 1 amide bonds. The van der Waals surface area contributed by atoms with E-state index in [0.717, 1.165) is 17.2 Å². The van der Waals surface area contributed by atoms with Crippen LogP contribution in [0.1, 0.15) is 15.9 Å². The lowest BCUT2D eigenvalue weighted by atomic mass is 10.1. The first-order valence-corrected chi connectivity index (χ1v) is 12.1. The first-order chi connectivity index (χ1) is 15.2. The van der Waals surface area contributed by atoms with E-state index < -0.39 is 15.7 Å². The zero-order valence-electron chi connectivity index (χ0n) is 16.9. The molecule has 0 fully saturated rings. The van der Waals surface area contributed by atoms with Crippen molar-refractivity contribution in [1.82, 2.24) is 15.0 Å². The van der Waals surface area contributed by atoms with Gasteiger partial charge in [0.1, 0.15) is 5.82 Å². The van der Waals surface area contributed by atoms with Crippen LogP contribution < -0.4 is 10.6 Å². The van der Waals surface area contributed by atoms with Gasteiger partial charge in [-0.1, -0.05) is 12.1 Å². The molecule has 4 aromatic rings. The van der Waals surface area contributed by atoms with Gasteiger partial charge < -0.3 is 10.6 Å². The van der Waals surface area contributed by atoms with E-state index in [1.165, 1.54) is 17.3 Å². The molecule has 2 N–H and O–H groups in total. The van der Waals surface area contributed by atoms with Gasteiger partial charge in [0.2, 0.25) is 0 Å². The highest BCUT2D eigenvalue weighted by atomic mass is 79.9. The highest BCUT2D eigenvalue weighted by Gasteiger charge is 2.25. The third kappa shape index (κ3) is 4.46. The number of hydrogen-bond donors (Lipinski definition) is 1. The number of benzene rings is 1. The van der Waals surface area contributed by atoms with Gasteiger partial charge >= 0.3 is 0 Å². The topological polar surface area (TPSA) is 119 Å². The fraction of sp³-hybridized carbons (Fsp3) is 0.0909. The summed E-state index contributed by atoms with van der Waals surface area (Å²) in [6, 6.07) is 13.8. The number of aromatic nitrogens is 3. The average molecular weight is 512 g/mol. The molecule has 0 aliphatic carbocycles. The van der Waals surface area contributed by atoms with Crippen molar-refractivity contribution in [3.05, 3.63) is 82.7 Å². The monoisotopic (exact) mass is 511 g/mol. The summed E-state index contributed by atoms with van der Waals surface area (Å²) in [6.07, 6.45) is 5.44. The number of nitrogens with two attached hydrogens (primary N) is 1. The number of rotatable bonds is 5. The van der Waals surface area contributed by atoms with Crippen LogP contribution in [0.3, 0.4) is 0 Å². The normalized spacial score (nSPS) is 11.4. The summed E-state index contributed by atoms with van der Waals surface area (Å²) in [7, 11) is -3.69. The van der Waals surface area contributed by atoms with E-state index in [9.17, 15) is 13.2 Å². The molecule has 0 saturated heterocycles. The van der Waals surface area contributed by atoms with Crippen LogP contribution in [-0.2, 0) is 16.4 Å². The van der Waals surface area contributed by atoms with E-state index in [1.807, 2.05) is 24.3 Å². The molecular weight excluding hydrogens is 494 g/mol. The molecule has 10 heteroatoms. The van der Waals surface area contributed by atoms with Gasteiger partial charge in [-0.25, -0.2) is 18.4 Å². The van der Waals surface area contributed by atoms with Crippen molar-refractivity contribution in [3.63, 3.8) is 0 Å². The summed E-state index contributed by atoms with van der Waals surface area (Å²) in [5.74, 6) is -0.0519. The Bertz CT molecular complexity index is 1430. The van der Waals surface area contributed by atoms with Crippen LogP contribution in [0.4, 0.5) is 11.5 Å². The van der Waals surface area contributed by atoms with Crippen LogP contribution in [0.2, 0.25) is 0 Å². The van der Waals surface area contributed by atoms with Gasteiger partial charge in [-0.2, -0.15) is 0 Å². The van der Waals surface area contributed by atoms with Crippen LogP contribution in [0, 0.1) is 0 Å². The maximum absolute atomic E-state index is 13.4. The fourth-order valence-electron chi connectivity index (χ4n) is 3.27. The number of nitrogen functional groups attached to an aromatic ring is 1. The summed E-state index contributed by atoms with van der Waals surface area (Å²) >= 11 is 3.37. The van der Waals surface area contributed by atoms with Gasteiger partial charge in [-0.15, -0.1) is 0 Å². The third-order valence-electron chi connectivity index (χ3n) is 4.75. The molecule has 0 aliphatic rings. The minimum absolute atomic E-state index is 0.0928. The van der Waals surface area contributed by atoms with Gasteiger partial charge in [0.05, 0.1) is 27.8 Å². The SMILES string of the molecule is CS(=O)(=O)c1ncccc1N(Cc1ccc2cc(Br)c(N)nc2c1)C(=O)c1cccnc1. The number of sulfone groups is 1. The Labute approximate surface area is 193 Å². The second-order valence-electron chi connectivity index (χ2n) is 7.12. The summed E-state index contributed by atoms with van der Waals surface area (Å²) in [5, 5.41) is 0.697. The van der Waals surface area contributed by atoms with Gasteiger partial charge in [0, 0.05) is 30.2 Å². The Morgan fingerprint density at radius 3 is 2.62 bits per heavy atom. The van der Waals surface area contributed by atoms with Crippen molar-refractivity contribution < 1.29 is 13.2 Å². The molecule has 0 radical (unpaired) electrons. The summed E-state index contributed by atoms with van der Waals surface area (Å²) in [6.45, 7) is 0.0928. The zero-order chi connectivity index (χ0) is 22.9.